The largest absolute Gasteiger partial charge is 0.388 e. The van der Waals surface area contributed by atoms with Crippen LogP contribution in [0.4, 0.5) is 0 Å². The van der Waals surface area contributed by atoms with Crippen LogP contribution < -0.4 is 5.32 Å². The van der Waals surface area contributed by atoms with Gasteiger partial charge in [0, 0.05) is 11.6 Å². The third-order valence-corrected chi connectivity index (χ3v) is 2.48. The van der Waals surface area contributed by atoms with Gasteiger partial charge in [-0.05, 0) is 18.9 Å². The molecule has 0 spiro atoms. The van der Waals surface area contributed by atoms with Gasteiger partial charge in [0.25, 0.3) is 0 Å². The van der Waals surface area contributed by atoms with Crippen molar-refractivity contribution in [1.29, 1.82) is 0 Å². The van der Waals surface area contributed by atoms with Gasteiger partial charge in [-0.15, -0.1) is 0 Å². The number of fused-ring (bicyclic) bond motifs is 1. The van der Waals surface area contributed by atoms with Crippen molar-refractivity contribution in [2.24, 2.45) is 5.92 Å². The molecule has 0 saturated carbocycles. The van der Waals surface area contributed by atoms with Crippen molar-refractivity contribution >= 4 is 0 Å². The summed E-state index contributed by atoms with van der Waals surface area (Å²) in [4.78, 5) is 0. The molecule has 3 N–H and O–H groups in total. The average Bonchev–Trinajstić information content (AvgIpc) is 2.07. The Balaban J connectivity index is 2.14. The van der Waals surface area contributed by atoms with E-state index in [1.807, 2.05) is 12.2 Å². The van der Waals surface area contributed by atoms with Crippen molar-refractivity contribution in [1.82, 2.24) is 5.32 Å². The van der Waals surface area contributed by atoms with E-state index in [4.69, 9.17) is 0 Å². The summed E-state index contributed by atoms with van der Waals surface area (Å²) in [5, 5.41) is 21.5. The molecule has 3 nitrogen and oxygen atoms in total. The van der Waals surface area contributed by atoms with E-state index in [9.17, 15) is 10.2 Å². The number of hydrogen-bond acceptors (Lipinski definition) is 3. The van der Waals surface area contributed by atoms with Gasteiger partial charge in [0.1, 0.15) is 0 Å². The van der Waals surface area contributed by atoms with E-state index in [1.165, 1.54) is 0 Å². The highest BCUT2D eigenvalue weighted by atomic mass is 16.3. The lowest BCUT2D eigenvalue weighted by atomic mass is 9.87. The Kier molecular flexibility index (Phi) is 1.90. The minimum Gasteiger partial charge on any atom is -0.388 e. The van der Waals surface area contributed by atoms with E-state index in [-0.39, 0.29) is 0 Å². The molecule has 0 radical (unpaired) electrons. The molecule has 1 fully saturated rings. The van der Waals surface area contributed by atoms with Crippen LogP contribution in [0, 0.1) is 5.92 Å². The van der Waals surface area contributed by atoms with E-state index < -0.39 is 12.3 Å². The second kappa shape index (κ2) is 2.92. The van der Waals surface area contributed by atoms with Crippen LogP contribution in [0.15, 0.2) is 23.9 Å². The highest BCUT2D eigenvalue weighted by Gasteiger charge is 2.30. The molecule has 1 heterocycles. The maximum Gasteiger partial charge on any atom is 0.150 e. The summed E-state index contributed by atoms with van der Waals surface area (Å²) < 4.78 is 0. The Morgan fingerprint density at radius 1 is 1.42 bits per heavy atom. The first-order valence-electron chi connectivity index (χ1n) is 4.27. The van der Waals surface area contributed by atoms with Gasteiger partial charge in [-0.2, -0.15) is 0 Å². The van der Waals surface area contributed by atoms with Crippen LogP contribution in [0.1, 0.15) is 12.8 Å². The molecule has 3 unspecified atom stereocenters. The SMILES string of the molecule is OC1CC2CC=CC=C2NC1O. The summed E-state index contributed by atoms with van der Waals surface area (Å²) in [6, 6.07) is 0. The van der Waals surface area contributed by atoms with Crippen molar-refractivity contribution in [3.63, 3.8) is 0 Å². The molecule has 3 atom stereocenters. The lowest BCUT2D eigenvalue weighted by Crippen LogP contribution is -2.47. The summed E-state index contributed by atoms with van der Waals surface area (Å²) in [5.41, 5.74) is 1.05. The number of rotatable bonds is 0. The number of aliphatic hydroxyl groups excluding tert-OH is 2. The predicted octanol–water partition coefficient (Wildman–Crippen LogP) is 0.119. The van der Waals surface area contributed by atoms with Crippen LogP contribution >= 0.6 is 0 Å². The van der Waals surface area contributed by atoms with Crippen molar-refractivity contribution < 1.29 is 10.2 Å². The molecule has 0 aromatic carbocycles. The minimum absolute atomic E-state index is 0.369. The van der Waals surface area contributed by atoms with E-state index >= 15 is 0 Å². The molecule has 0 bridgehead atoms. The number of piperidine rings is 1. The Hall–Kier alpha value is -0.800. The zero-order valence-corrected chi connectivity index (χ0v) is 6.77. The molecule has 1 aliphatic carbocycles. The first-order chi connectivity index (χ1) is 5.77. The molecule has 12 heavy (non-hydrogen) atoms. The van der Waals surface area contributed by atoms with E-state index in [0.717, 1.165) is 12.1 Å². The normalized spacial score (nSPS) is 39.8. The summed E-state index contributed by atoms with van der Waals surface area (Å²) >= 11 is 0. The Bertz CT molecular complexity index is 235. The van der Waals surface area contributed by atoms with E-state index in [1.54, 1.807) is 0 Å². The Labute approximate surface area is 71.4 Å². The van der Waals surface area contributed by atoms with Gasteiger partial charge >= 0.3 is 0 Å². The maximum atomic E-state index is 9.35. The number of hydrogen-bond donors (Lipinski definition) is 3. The average molecular weight is 167 g/mol. The quantitative estimate of drug-likeness (QED) is 0.480. The maximum absolute atomic E-state index is 9.35. The number of nitrogens with one attached hydrogen (secondary N) is 1. The van der Waals surface area contributed by atoms with Crippen molar-refractivity contribution in [3.8, 4) is 0 Å². The van der Waals surface area contributed by atoms with Gasteiger partial charge in [-0.25, -0.2) is 0 Å². The topological polar surface area (TPSA) is 52.5 Å². The molecule has 2 aliphatic rings. The predicted molar refractivity (Wildman–Crippen MR) is 45.1 cm³/mol. The number of aliphatic hydroxyl groups is 2. The van der Waals surface area contributed by atoms with Gasteiger partial charge in [0.2, 0.25) is 0 Å². The fourth-order valence-corrected chi connectivity index (χ4v) is 1.75. The van der Waals surface area contributed by atoms with Crippen LogP contribution in [0.3, 0.4) is 0 Å². The molecule has 66 valence electrons. The monoisotopic (exact) mass is 167 g/mol. The molecule has 0 amide bonds. The van der Waals surface area contributed by atoms with Crippen molar-refractivity contribution in [2.45, 2.75) is 25.2 Å². The second-order valence-corrected chi connectivity index (χ2v) is 3.38. The summed E-state index contributed by atoms with van der Waals surface area (Å²) in [6.07, 6.45) is 6.22. The molecule has 2 rings (SSSR count). The van der Waals surface area contributed by atoms with Crippen molar-refractivity contribution in [2.75, 3.05) is 0 Å². The number of allylic oxidation sites excluding steroid dienone is 4. The Morgan fingerprint density at radius 3 is 3.08 bits per heavy atom. The minimum atomic E-state index is -0.793. The summed E-state index contributed by atoms with van der Waals surface area (Å²) in [6.45, 7) is 0. The molecule has 1 saturated heterocycles. The van der Waals surface area contributed by atoms with Crippen LogP contribution in [0.2, 0.25) is 0 Å². The molecule has 3 heteroatoms. The Morgan fingerprint density at radius 2 is 2.25 bits per heavy atom. The lowest BCUT2D eigenvalue weighted by molar-refractivity contribution is -0.0252. The third kappa shape index (κ3) is 1.26. The van der Waals surface area contributed by atoms with Crippen molar-refractivity contribution in [3.05, 3.63) is 23.9 Å². The smallest absolute Gasteiger partial charge is 0.150 e. The molecule has 0 aromatic heterocycles. The van der Waals surface area contributed by atoms with Crippen LogP contribution in [-0.2, 0) is 0 Å². The first kappa shape index (κ1) is 7.83. The highest BCUT2D eigenvalue weighted by molar-refractivity contribution is 5.21. The van der Waals surface area contributed by atoms with Crippen LogP contribution in [-0.4, -0.2) is 22.5 Å². The van der Waals surface area contributed by atoms with Crippen LogP contribution in [0.5, 0.6) is 0 Å². The first-order valence-corrected chi connectivity index (χ1v) is 4.27. The van der Waals surface area contributed by atoms with Gasteiger partial charge in [0.05, 0.1) is 6.10 Å². The lowest BCUT2D eigenvalue weighted by Gasteiger charge is -2.34. The van der Waals surface area contributed by atoms with Gasteiger partial charge in [0.15, 0.2) is 6.23 Å². The summed E-state index contributed by atoms with van der Waals surface area (Å²) in [7, 11) is 0. The molecule has 0 aromatic rings. The second-order valence-electron chi connectivity index (χ2n) is 3.38. The summed E-state index contributed by atoms with van der Waals surface area (Å²) in [5.74, 6) is 0.369. The zero-order chi connectivity index (χ0) is 8.55. The van der Waals surface area contributed by atoms with Crippen LogP contribution in [0.25, 0.3) is 0 Å². The molecular formula is C9H13NO2. The van der Waals surface area contributed by atoms with Gasteiger partial charge in [-0.1, -0.05) is 12.2 Å². The van der Waals surface area contributed by atoms with Gasteiger partial charge in [-0.3, -0.25) is 0 Å². The van der Waals surface area contributed by atoms with E-state index in [2.05, 4.69) is 11.4 Å². The fourth-order valence-electron chi connectivity index (χ4n) is 1.75. The van der Waals surface area contributed by atoms with Gasteiger partial charge < -0.3 is 15.5 Å². The third-order valence-electron chi connectivity index (χ3n) is 2.48. The van der Waals surface area contributed by atoms with E-state index in [0.29, 0.717) is 12.3 Å². The molecule has 1 aliphatic heterocycles. The molecular weight excluding hydrogens is 154 g/mol. The highest BCUT2D eigenvalue weighted by Crippen LogP contribution is 2.28. The fraction of sp³-hybridized carbons (Fsp3) is 0.556. The standard InChI is InChI=1S/C9H13NO2/c11-8-5-6-3-1-2-4-7(6)10-9(8)12/h1-2,4,6,8-12H,3,5H2. The zero-order valence-electron chi connectivity index (χ0n) is 6.77.